The van der Waals surface area contributed by atoms with Crippen LogP contribution in [0.5, 0.6) is 11.5 Å². The van der Waals surface area contributed by atoms with Gasteiger partial charge in [0.1, 0.15) is 17.3 Å². The van der Waals surface area contributed by atoms with E-state index in [9.17, 15) is 0 Å². The summed E-state index contributed by atoms with van der Waals surface area (Å²) in [7, 11) is 3.22. The molecule has 0 aliphatic carbocycles. The second-order valence-electron chi connectivity index (χ2n) is 4.05. The number of ether oxygens (including phenoxy) is 3. The molecule has 5 heteroatoms. The van der Waals surface area contributed by atoms with E-state index in [0.29, 0.717) is 30.5 Å². The smallest absolute Gasteiger partial charge is 0.128 e. The Balaban J connectivity index is 2.22. The molecule has 1 N–H and O–H groups in total. The Kier molecular flexibility index (Phi) is 4.04. The van der Waals surface area contributed by atoms with Crippen LogP contribution in [0.4, 0.5) is 0 Å². The van der Waals surface area contributed by atoms with Gasteiger partial charge in [-0.25, -0.2) is 0 Å². The third kappa shape index (κ3) is 2.73. The largest absolute Gasteiger partial charge is 0.497 e. The molecular formula is C13H18N2O3. The molecule has 1 aliphatic rings. The zero-order valence-corrected chi connectivity index (χ0v) is 10.7. The molecule has 0 saturated carbocycles. The van der Waals surface area contributed by atoms with Crippen LogP contribution in [-0.4, -0.2) is 51.3 Å². The van der Waals surface area contributed by atoms with Crippen LogP contribution in [0.15, 0.2) is 18.2 Å². The standard InChI is InChI=1S/C13H18N2O3/c1-16-11-7-10(8-12(9-11)17-2)13(14)15-3-5-18-6-4-15/h7-9,14H,3-6H2,1-2H3. The number of nitrogens with one attached hydrogen (secondary N) is 1. The van der Waals surface area contributed by atoms with Gasteiger partial charge in [-0.15, -0.1) is 0 Å². The van der Waals surface area contributed by atoms with Crippen LogP contribution in [0.2, 0.25) is 0 Å². The fraction of sp³-hybridized carbons (Fsp3) is 0.462. The summed E-state index contributed by atoms with van der Waals surface area (Å²) in [5, 5.41) is 8.23. The lowest BCUT2D eigenvalue weighted by Gasteiger charge is -2.29. The Morgan fingerprint density at radius 2 is 1.67 bits per heavy atom. The molecule has 5 nitrogen and oxygen atoms in total. The highest BCUT2D eigenvalue weighted by molar-refractivity contribution is 5.97. The van der Waals surface area contributed by atoms with Gasteiger partial charge in [0.15, 0.2) is 0 Å². The van der Waals surface area contributed by atoms with Crippen LogP contribution in [0.1, 0.15) is 5.56 Å². The predicted molar refractivity (Wildman–Crippen MR) is 68.8 cm³/mol. The number of rotatable bonds is 3. The summed E-state index contributed by atoms with van der Waals surface area (Å²) < 4.78 is 15.7. The highest BCUT2D eigenvalue weighted by atomic mass is 16.5. The first-order valence-corrected chi connectivity index (χ1v) is 5.89. The van der Waals surface area contributed by atoms with Gasteiger partial charge >= 0.3 is 0 Å². The van der Waals surface area contributed by atoms with E-state index in [1.54, 1.807) is 20.3 Å². The molecule has 1 aromatic rings. The normalized spacial score (nSPS) is 15.3. The van der Waals surface area contributed by atoms with E-state index in [4.69, 9.17) is 19.6 Å². The maximum atomic E-state index is 8.23. The van der Waals surface area contributed by atoms with E-state index in [2.05, 4.69) is 0 Å². The van der Waals surface area contributed by atoms with Gasteiger partial charge in [-0.3, -0.25) is 5.41 Å². The van der Waals surface area contributed by atoms with Gasteiger partial charge in [-0.05, 0) is 12.1 Å². The fourth-order valence-electron chi connectivity index (χ4n) is 1.91. The Morgan fingerprint density at radius 1 is 1.11 bits per heavy atom. The molecule has 18 heavy (non-hydrogen) atoms. The summed E-state index contributed by atoms with van der Waals surface area (Å²) in [6.45, 7) is 2.84. The van der Waals surface area contributed by atoms with Crippen molar-refractivity contribution in [3.05, 3.63) is 23.8 Å². The Hall–Kier alpha value is -1.75. The minimum absolute atomic E-state index is 0.482. The number of methoxy groups -OCH3 is 2. The van der Waals surface area contributed by atoms with Crippen molar-refractivity contribution in [1.82, 2.24) is 4.90 Å². The first kappa shape index (κ1) is 12.7. The zero-order valence-electron chi connectivity index (χ0n) is 10.7. The quantitative estimate of drug-likeness (QED) is 0.650. The van der Waals surface area contributed by atoms with Gasteiger partial charge < -0.3 is 19.1 Å². The minimum Gasteiger partial charge on any atom is -0.497 e. The van der Waals surface area contributed by atoms with Gasteiger partial charge in [0, 0.05) is 24.7 Å². The van der Waals surface area contributed by atoms with E-state index in [0.717, 1.165) is 18.7 Å². The molecule has 1 heterocycles. The fourth-order valence-corrected chi connectivity index (χ4v) is 1.91. The lowest BCUT2D eigenvalue weighted by molar-refractivity contribution is 0.0680. The van der Waals surface area contributed by atoms with Crippen molar-refractivity contribution in [3.63, 3.8) is 0 Å². The van der Waals surface area contributed by atoms with Crippen molar-refractivity contribution < 1.29 is 14.2 Å². The van der Waals surface area contributed by atoms with E-state index in [1.807, 2.05) is 17.0 Å². The minimum atomic E-state index is 0.482. The number of nitrogens with zero attached hydrogens (tertiary/aromatic N) is 1. The predicted octanol–water partition coefficient (Wildman–Crippen LogP) is 1.36. The topological polar surface area (TPSA) is 54.8 Å². The molecule has 2 rings (SSSR count). The number of hydrogen-bond acceptors (Lipinski definition) is 4. The molecule has 0 amide bonds. The maximum Gasteiger partial charge on any atom is 0.128 e. The molecule has 0 bridgehead atoms. The third-order valence-corrected chi connectivity index (χ3v) is 2.95. The van der Waals surface area contributed by atoms with Gasteiger partial charge in [0.25, 0.3) is 0 Å². The average Bonchev–Trinajstić information content (AvgIpc) is 2.46. The second-order valence-corrected chi connectivity index (χ2v) is 4.05. The van der Waals surface area contributed by atoms with Crippen LogP contribution in [0.25, 0.3) is 0 Å². The van der Waals surface area contributed by atoms with Crippen molar-refractivity contribution in [3.8, 4) is 11.5 Å². The molecular weight excluding hydrogens is 232 g/mol. The first-order valence-electron chi connectivity index (χ1n) is 5.89. The Labute approximate surface area is 107 Å². The van der Waals surface area contributed by atoms with E-state index >= 15 is 0 Å². The molecule has 1 aromatic carbocycles. The zero-order chi connectivity index (χ0) is 13.0. The van der Waals surface area contributed by atoms with E-state index in [-0.39, 0.29) is 0 Å². The summed E-state index contributed by atoms with van der Waals surface area (Å²) in [5.74, 6) is 1.88. The monoisotopic (exact) mass is 250 g/mol. The van der Waals surface area contributed by atoms with Crippen molar-refractivity contribution >= 4 is 5.84 Å². The molecule has 0 spiro atoms. The van der Waals surface area contributed by atoms with Crippen molar-refractivity contribution in [1.29, 1.82) is 5.41 Å². The number of morpholine rings is 1. The maximum absolute atomic E-state index is 8.23. The molecule has 1 fully saturated rings. The van der Waals surface area contributed by atoms with E-state index < -0.39 is 0 Å². The second kappa shape index (κ2) is 5.73. The van der Waals surface area contributed by atoms with Crippen LogP contribution in [0, 0.1) is 5.41 Å². The van der Waals surface area contributed by atoms with E-state index in [1.165, 1.54) is 0 Å². The first-order chi connectivity index (χ1) is 8.74. The summed E-state index contributed by atoms with van der Waals surface area (Å²) in [4.78, 5) is 2.00. The summed E-state index contributed by atoms with van der Waals surface area (Å²) in [6.07, 6.45) is 0. The highest BCUT2D eigenvalue weighted by Gasteiger charge is 2.16. The molecule has 0 unspecified atom stereocenters. The van der Waals surface area contributed by atoms with Crippen LogP contribution in [-0.2, 0) is 4.74 Å². The molecule has 1 saturated heterocycles. The third-order valence-electron chi connectivity index (χ3n) is 2.95. The van der Waals surface area contributed by atoms with Gasteiger partial charge in [0.2, 0.25) is 0 Å². The van der Waals surface area contributed by atoms with Crippen LogP contribution < -0.4 is 9.47 Å². The lowest BCUT2D eigenvalue weighted by atomic mass is 10.1. The Morgan fingerprint density at radius 3 is 2.17 bits per heavy atom. The van der Waals surface area contributed by atoms with Crippen LogP contribution in [0.3, 0.4) is 0 Å². The van der Waals surface area contributed by atoms with Crippen molar-refractivity contribution in [2.24, 2.45) is 0 Å². The Bertz CT molecular complexity index is 406. The average molecular weight is 250 g/mol. The number of amidine groups is 1. The number of benzene rings is 1. The summed E-state index contributed by atoms with van der Waals surface area (Å²) in [6, 6.07) is 5.50. The highest BCUT2D eigenvalue weighted by Crippen LogP contribution is 2.23. The van der Waals surface area contributed by atoms with Crippen LogP contribution >= 0.6 is 0 Å². The van der Waals surface area contributed by atoms with Gasteiger partial charge in [-0.1, -0.05) is 0 Å². The summed E-state index contributed by atoms with van der Waals surface area (Å²) >= 11 is 0. The molecule has 1 aliphatic heterocycles. The molecule has 98 valence electrons. The summed E-state index contributed by atoms with van der Waals surface area (Å²) in [5.41, 5.74) is 0.799. The lowest BCUT2D eigenvalue weighted by Crippen LogP contribution is -2.40. The van der Waals surface area contributed by atoms with Crippen molar-refractivity contribution in [2.75, 3.05) is 40.5 Å². The SMILES string of the molecule is COc1cc(OC)cc(C(=N)N2CCOCC2)c1. The van der Waals surface area contributed by atoms with Gasteiger partial charge in [0.05, 0.1) is 27.4 Å². The van der Waals surface area contributed by atoms with Crippen molar-refractivity contribution in [2.45, 2.75) is 0 Å². The van der Waals surface area contributed by atoms with Gasteiger partial charge in [-0.2, -0.15) is 0 Å². The molecule has 0 radical (unpaired) electrons. The number of hydrogen-bond donors (Lipinski definition) is 1. The molecule has 0 atom stereocenters. The molecule has 0 aromatic heterocycles.